The van der Waals surface area contributed by atoms with Crippen LogP contribution in [0.4, 0.5) is 14.6 Å². The highest BCUT2D eigenvalue weighted by Gasteiger charge is 2.36. The van der Waals surface area contributed by atoms with Crippen LogP contribution in [0.3, 0.4) is 0 Å². The summed E-state index contributed by atoms with van der Waals surface area (Å²) in [5, 5.41) is 13.1. The fourth-order valence-corrected chi connectivity index (χ4v) is 2.26. The quantitative estimate of drug-likeness (QED) is 0.852. The molecule has 96 valence electrons. The Morgan fingerprint density at radius 3 is 2.71 bits per heavy atom. The molecule has 6 heteroatoms. The molecule has 1 aliphatic carbocycles. The van der Waals surface area contributed by atoms with E-state index in [0.717, 1.165) is 5.69 Å². The second-order valence-corrected chi connectivity index (χ2v) is 4.57. The van der Waals surface area contributed by atoms with Gasteiger partial charge < -0.3 is 10.8 Å². The lowest BCUT2D eigenvalue weighted by atomic mass is 9.85. The number of aliphatic hydroxyl groups is 1. The van der Waals surface area contributed by atoms with E-state index < -0.39 is 5.92 Å². The second kappa shape index (κ2) is 4.60. The summed E-state index contributed by atoms with van der Waals surface area (Å²) >= 11 is 0. The Morgan fingerprint density at radius 1 is 1.47 bits per heavy atom. The van der Waals surface area contributed by atoms with Crippen molar-refractivity contribution in [2.75, 3.05) is 12.3 Å². The maximum Gasteiger partial charge on any atom is 0.248 e. The molecule has 0 bridgehead atoms. The number of rotatable bonds is 3. The average molecular weight is 245 g/mol. The SMILES string of the molecule is Nc1cc(C2CCC(F)(F)CC2)nn1CCO. The van der Waals surface area contributed by atoms with Crippen molar-refractivity contribution in [3.8, 4) is 0 Å². The summed E-state index contributed by atoms with van der Waals surface area (Å²) in [6.45, 7) is 0.308. The van der Waals surface area contributed by atoms with Crippen LogP contribution in [0.15, 0.2) is 6.07 Å². The monoisotopic (exact) mass is 245 g/mol. The van der Waals surface area contributed by atoms with Gasteiger partial charge >= 0.3 is 0 Å². The molecule has 2 rings (SSSR count). The van der Waals surface area contributed by atoms with Gasteiger partial charge in [0, 0.05) is 24.8 Å². The highest BCUT2D eigenvalue weighted by atomic mass is 19.3. The summed E-state index contributed by atoms with van der Waals surface area (Å²) in [6.07, 6.45) is 0.736. The van der Waals surface area contributed by atoms with Crippen LogP contribution in [0.25, 0.3) is 0 Å². The van der Waals surface area contributed by atoms with Gasteiger partial charge in [-0.15, -0.1) is 0 Å². The molecule has 3 N–H and O–H groups in total. The number of nitrogens with two attached hydrogens (primary N) is 1. The molecule has 1 aromatic rings. The summed E-state index contributed by atoms with van der Waals surface area (Å²) in [4.78, 5) is 0. The number of aliphatic hydroxyl groups excluding tert-OH is 1. The number of alkyl halides is 2. The van der Waals surface area contributed by atoms with Crippen molar-refractivity contribution in [1.82, 2.24) is 9.78 Å². The van der Waals surface area contributed by atoms with Crippen LogP contribution < -0.4 is 5.73 Å². The highest BCUT2D eigenvalue weighted by molar-refractivity contribution is 5.32. The Kier molecular flexibility index (Phi) is 3.33. The molecule has 0 aliphatic heterocycles. The first-order chi connectivity index (χ1) is 8.02. The fourth-order valence-electron chi connectivity index (χ4n) is 2.26. The Labute approximate surface area is 98.4 Å². The molecule has 1 fully saturated rings. The third kappa shape index (κ3) is 2.74. The molecule has 0 atom stereocenters. The van der Waals surface area contributed by atoms with E-state index in [-0.39, 0.29) is 25.4 Å². The van der Waals surface area contributed by atoms with E-state index in [4.69, 9.17) is 10.8 Å². The predicted octanol–water partition coefficient (Wildman–Crippen LogP) is 1.75. The van der Waals surface area contributed by atoms with E-state index in [0.29, 0.717) is 25.2 Å². The Bertz CT molecular complexity index is 382. The molecule has 1 heterocycles. The lowest BCUT2D eigenvalue weighted by molar-refractivity contribution is -0.0385. The van der Waals surface area contributed by atoms with Crippen molar-refractivity contribution in [2.24, 2.45) is 0 Å². The number of nitrogen functional groups attached to an aromatic ring is 1. The molecular formula is C11H17F2N3O. The van der Waals surface area contributed by atoms with Gasteiger partial charge in [0.1, 0.15) is 5.82 Å². The normalized spacial score (nSPS) is 20.6. The second-order valence-electron chi connectivity index (χ2n) is 4.57. The molecule has 1 aromatic heterocycles. The largest absolute Gasteiger partial charge is 0.394 e. The number of hydrogen-bond acceptors (Lipinski definition) is 3. The van der Waals surface area contributed by atoms with Crippen molar-refractivity contribution >= 4 is 5.82 Å². The molecular weight excluding hydrogens is 228 g/mol. The third-order valence-corrected chi connectivity index (χ3v) is 3.28. The molecule has 0 spiro atoms. The van der Waals surface area contributed by atoms with Crippen molar-refractivity contribution in [3.05, 3.63) is 11.8 Å². The summed E-state index contributed by atoms with van der Waals surface area (Å²) in [5.74, 6) is -1.97. The molecule has 0 saturated heterocycles. The first kappa shape index (κ1) is 12.3. The summed E-state index contributed by atoms with van der Waals surface area (Å²) < 4.78 is 27.5. The Morgan fingerprint density at radius 2 is 2.12 bits per heavy atom. The smallest absolute Gasteiger partial charge is 0.248 e. The van der Waals surface area contributed by atoms with Crippen molar-refractivity contribution in [2.45, 2.75) is 44.1 Å². The van der Waals surface area contributed by atoms with Gasteiger partial charge in [0.2, 0.25) is 5.92 Å². The van der Waals surface area contributed by atoms with Crippen LogP contribution in [0, 0.1) is 0 Å². The Hall–Kier alpha value is -1.17. The van der Waals surface area contributed by atoms with Crippen LogP contribution in [0.1, 0.15) is 37.3 Å². The van der Waals surface area contributed by atoms with E-state index >= 15 is 0 Å². The first-order valence-corrected chi connectivity index (χ1v) is 5.84. The fraction of sp³-hybridized carbons (Fsp3) is 0.727. The zero-order chi connectivity index (χ0) is 12.5. The lowest BCUT2D eigenvalue weighted by Gasteiger charge is -2.26. The van der Waals surface area contributed by atoms with Gasteiger partial charge in [0.05, 0.1) is 18.8 Å². The van der Waals surface area contributed by atoms with Crippen LogP contribution in [-0.4, -0.2) is 27.4 Å². The van der Waals surface area contributed by atoms with E-state index in [9.17, 15) is 8.78 Å². The standard InChI is InChI=1S/C11H17F2N3O/c12-11(13)3-1-8(2-4-11)9-7-10(14)16(15-9)5-6-17/h7-8,17H,1-6,14H2. The van der Waals surface area contributed by atoms with Crippen molar-refractivity contribution in [3.63, 3.8) is 0 Å². The van der Waals surface area contributed by atoms with Crippen LogP contribution >= 0.6 is 0 Å². The number of nitrogens with zero attached hydrogens (tertiary/aromatic N) is 2. The van der Waals surface area contributed by atoms with E-state index in [1.165, 1.54) is 4.68 Å². The first-order valence-electron chi connectivity index (χ1n) is 5.84. The highest BCUT2D eigenvalue weighted by Crippen LogP contribution is 2.40. The maximum absolute atomic E-state index is 13.0. The minimum Gasteiger partial charge on any atom is -0.394 e. The molecule has 4 nitrogen and oxygen atoms in total. The minimum atomic E-state index is -2.52. The minimum absolute atomic E-state index is 0.0337. The van der Waals surface area contributed by atoms with Crippen LogP contribution in [0.5, 0.6) is 0 Å². The molecule has 0 radical (unpaired) electrons. The predicted molar refractivity (Wildman–Crippen MR) is 59.9 cm³/mol. The average Bonchev–Trinajstić information content (AvgIpc) is 2.61. The third-order valence-electron chi connectivity index (χ3n) is 3.28. The van der Waals surface area contributed by atoms with Gasteiger partial charge in [-0.2, -0.15) is 5.10 Å². The zero-order valence-corrected chi connectivity index (χ0v) is 9.57. The summed E-state index contributed by atoms with van der Waals surface area (Å²) in [6, 6.07) is 1.73. The van der Waals surface area contributed by atoms with Gasteiger partial charge in [0.15, 0.2) is 0 Å². The summed E-state index contributed by atoms with van der Waals surface area (Å²) in [5.41, 5.74) is 6.50. The van der Waals surface area contributed by atoms with Crippen LogP contribution in [0.2, 0.25) is 0 Å². The molecule has 1 saturated carbocycles. The molecule has 0 aromatic carbocycles. The number of hydrogen-bond donors (Lipinski definition) is 2. The van der Waals surface area contributed by atoms with Gasteiger partial charge in [-0.05, 0) is 12.8 Å². The number of halogens is 2. The van der Waals surface area contributed by atoms with Gasteiger partial charge in [-0.1, -0.05) is 0 Å². The Balaban J connectivity index is 2.06. The lowest BCUT2D eigenvalue weighted by Crippen LogP contribution is -2.23. The van der Waals surface area contributed by atoms with Gasteiger partial charge in [-0.25, -0.2) is 13.5 Å². The van der Waals surface area contributed by atoms with Crippen molar-refractivity contribution < 1.29 is 13.9 Å². The van der Waals surface area contributed by atoms with E-state index in [1.54, 1.807) is 6.07 Å². The zero-order valence-electron chi connectivity index (χ0n) is 9.57. The maximum atomic E-state index is 13.0. The van der Waals surface area contributed by atoms with Crippen molar-refractivity contribution in [1.29, 1.82) is 0 Å². The molecule has 0 amide bonds. The molecule has 17 heavy (non-hydrogen) atoms. The molecule has 0 unspecified atom stereocenters. The van der Waals surface area contributed by atoms with E-state index in [1.807, 2.05) is 0 Å². The number of anilines is 1. The van der Waals surface area contributed by atoms with Gasteiger partial charge in [-0.3, -0.25) is 0 Å². The van der Waals surface area contributed by atoms with Gasteiger partial charge in [0.25, 0.3) is 0 Å². The summed E-state index contributed by atoms with van der Waals surface area (Å²) in [7, 11) is 0. The molecule has 1 aliphatic rings. The number of aromatic nitrogens is 2. The van der Waals surface area contributed by atoms with E-state index in [2.05, 4.69) is 5.10 Å². The van der Waals surface area contributed by atoms with Crippen LogP contribution in [-0.2, 0) is 6.54 Å². The topological polar surface area (TPSA) is 64.1 Å².